The van der Waals surface area contributed by atoms with E-state index < -0.39 is 36.4 Å². The Morgan fingerprint density at radius 3 is 2.12 bits per heavy atom. The third-order valence-corrected chi connectivity index (χ3v) is 1.77. The van der Waals surface area contributed by atoms with Gasteiger partial charge in [0.1, 0.15) is 6.04 Å². The van der Waals surface area contributed by atoms with Crippen LogP contribution >= 0.6 is 0 Å². The van der Waals surface area contributed by atoms with Gasteiger partial charge in [-0.25, -0.2) is 4.79 Å². The lowest BCUT2D eigenvalue weighted by molar-refractivity contribution is -0.147. The van der Waals surface area contributed by atoms with Crippen molar-refractivity contribution in [2.24, 2.45) is 5.73 Å². The zero-order valence-electron chi connectivity index (χ0n) is 8.77. The van der Waals surface area contributed by atoms with Gasteiger partial charge < -0.3 is 26.7 Å². The van der Waals surface area contributed by atoms with E-state index in [1.54, 1.807) is 6.92 Å². The number of hydrogen-bond acceptors (Lipinski definition) is 4. The molecule has 94 valence electrons. The third-order valence-electron chi connectivity index (χ3n) is 1.77. The maximum Gasteiger partial charge on any atom is 0.326 e. The number of rotatable bonds is 6. The van der Waals surface area contributed by atoms with E-state index in [9.17, 15) is 14.4 Å². The molecule has 1 amide bonds. The van der Waals surface area contributed by atoms with Crippen molar-refractivity contribution >= 4 is 17.8 Å². The normalized spacial score (nSPS) is 13.1. The molecule has 0 aliphatic rings. The predicted molar refractivity (Wildman–Crippen MR) is 53.7 cm³/mol. The zero-order valence-corrected chi connectivity index (χ0v) is 8.77. The van der Waals surface area contributed by atoms with E-state index >= 15 is 0 Å². The molecule has 0 rings (SSSR count). The molecule has 2 atom stereocenters. The molecular weight excluding hydrogens is 220 g/mol. The average molecular weight is 236 g/mol. The van der Waals surface area contributed by atoms with Crippen molar-refractivity contribution in [3.63, 3.8) is 0 Å². The van der Waals surface area contributed by atoms with Crippen LogP contribution in [0.3, 0.4) is 0 Å². The molecule has 0 saturated heterocycles. The summed E-state index contributed by atoms with van der Waals surface area (Å²) in [4.78, 5) is 32.0. The highest BCUT2D eigenvalue weighted by molar-refractivity contribution is 5.88. The van der Waals surface area contributed by atoms with Crippen LogP contribution in [0.25, 0.3) is 0 Å². The van der Waals surface area contributed by atoms with Gasteiger partial charge in [0, 0.05) is 0 Å². The van der Waals surface area contributed by atoms with E-state index in [4.69, 9.17) is 15.9 Å². The zero-order chi connectivity index (χ0) is 12.0. The predicted octanol–water partition coefficient (Wildman–Crippen LogP) is -2.06. The molecule has 0 spiro atoms. The van der Waals surface area contributed by atoms with Crippen LogP contribution in [0.2, 0.25) is 0 Å². The summed E-state index contributed by atoms with van der Waals surface area (Å²) in [6.45, 7) is 1.66. The van der Waals surface area contributed by atoms with E-state index in [0.717, 1.165) is 0 Å². The molecule has 0 heterocycles. The topological polar surface area (TPSA) is 161 Å². The highest BCUT2D eigenvalue weighted by Crippen LogP contribution is 1.95. The number of carbonyl (C=O) groups is 3. The number of nitrogens with two attached hydrogens (primary N) is 1. The maximum atomic E-state index is 11.2. The number of carboxylic acids is 2. The molecule has 16 heavy (non-hydrogen) atoms. The molecule has 0 aliphatic heterocycles. The van der Waals surface area contributed by atoms with Crippen LogP contribution in [0.1, 0.15) is 19.8 Å². The van der Waals surface area contributed by atoms with Crippen LogP contribution in [-0.4, -0.2) is 45.6 Å². The summed E-state index contributed by atoms with van der Waals surface area (Å²) in [5, 5.41) is 19.1. The molecule has 8 nitrogen and oxygen atoms in total. The van der Waals surface area contributed by atoms with E-state index in [1.807, 2.05) is 0 Å². The second-order valence-corrected chi connectivity index (χ2v) is 3.01. The monoisotopic (exact) mass is 236 g/mol. The third kappa shape index (κ3) is 5.94. The van der Waals surface area contributed by atoms with Gasteiger partial charge in [-0.2, -0.15) is 0 Å². The van der Waals surface area contributed by atoms with Crippen molar-refractivity contribution in [1.29, 1.82) is 0 Å². The highest BCUT2D eigenvalue weighted by Gasteiger charge is 2.24. The Hall–Kier alpha value is -1.67. The van der Waals surface area contributed by atoms with Gasteiger partial charge in [0.2, 0.25) is 5.91 Å². The fraction of sp³-hybridized carbons (Fsp3) is 0.625. The van der Waals surface area contributed by atoms with Crippen molar-refractivity contribution in [2.75, 3.05) is 0 Å². The largest absolute Gasteiger partial charge is 0.481 e. The fourth-order valence-corrected chi connectivity index (χ4v) is 0.839. The van der Waals surface area contributed by atoms with Gasteiger partial charge in [-0.3, -0.25) is 9.59 Å². The maximum absolute atomic E-state index is 11.2. The summed E-state index contributed by atoms with van der Waals surface area (Å²) in [6.07, 6.45) is -0.317. The lowest BCUT2D eigenvalue weighted by Crippen LogP contribution is -2.48. The van der Waals surface area contributed by atoms with E-state index in [1.165, 1.54) is 0 Å². The number of carbonyl (C=O) groups excluding carboxylic acids is 1. The van der Waals surface area contributed by atoms with Gasteiger partial charge in [0.25, 0.3) is 0 Å². The summed E-state index contributed by atoms with van der Waals surface area (Å²) < 4.78 is 0. The Kier molecular flexibility index (Phi) is 7.96. The van der Waals surface area contributed by atoms with Crippen molar-refractivity contribution in [3.8, 4) is 0 Å². The molecule has 8 heteroatoms. The van der Waals surface area contributed by atoms with Crippen molar-refractivity contribution in [3.05, 3.63) is 0 Å². The van der Waals surface area contributed by atoms with E-state index in [-0.39, 0.29) is 5.48 Å². The van der Waals surface area contributed by atoms with Crippen LogP contribution in [0.15, 0.2) is 0 Å². The Morgan fingerprint density at radius 1 is 1.31 bits per heavy atom. The highest BCUT2D eigenvalue weighted by atomic mass is 16.4. The Bertz CT molecular complexity index is 267. The van der Waals surface area contributed by atoms with Gasteiger partial charge in [0.05, 0.1) is 12.5 Å². The quantitative estimate of drug-likeness (QED) is 0.414. The molecule has 0 aromatic carbocycles. The molecule has 0 aromatic rings. The van der Waals surface area contributed by atoms with Crippen LogP contribution in [-0.2, 0) is 14.4 Å². The molecule has 0 saturated carbocycles. The lowest BCUT2D eigenvalue weighted by Gasteiger charge is -2.15. The van der Waals surface area contributed by atoms with Crippen LogP contribution in [0, 0.1) is 0 Å². The van der Waals surface area contributed by atoms with Crippen molar-refractivity contribution in [2.45, 2.75) is 31.8 Å². The molecule has 0 radical (unpaired) electrons. The fourth-order valence-electron chi connectivity index (χ4n) is 0.839. The second-order valence-electron chi connectivity index (χ2n) is 3.01. The molecule has 7 N–H and O–H groups in total. The smallest absolute Gasteiger partial charge is 0.326 e. The van der Waals surface area contributed by atoms with Gasteiger partial charge in [-0.1, -0.05) is 6.92 Å². The first-order valence-corrected chi connectivity index (χ1v) is 4.39. The molecule has 2 unspecified atom stereocenters. The lowest BCUT2D eigenvalue weighted by atomic mass is 10.1. The number of hydrogen-bond donors (Lipinski definition) is 4. The van der Waals surface area contributed by atoms with Gasteiger partial charge >= 0.3 is 11.9 Å². The minimum atomic E-state index is -1.44. The summed E-state index contributed by atoms with van der Waals surface area (Å²) in [5.74, 6) is -3.35. The molecular formula is C8H16N2O6. The first kappa shape index (κ1) is 16.7. The first-order valence-electron chi connectivity index (χ1n) is 4.39. The van der Waals surface area contributed by atoms with Gasteiger partial charge in [-0.05, 0) is 6.42 Å². The minimum Gasteiger partial charge on any atom is -0.481 e. The molecule has 0 fully saturated rings. The number of carboxylic acid groups (broad SMARTS) is 2. The minimum absolute atomic E-state index is 0. The number of nitrogens with one attached hydrogen (secondary N) is 1. The van der Waals surface area contributed by atoms with E-state index in [2.05, 4.69) is 5.32 Å². The molecule has 0 bridgehead atoms. The Balaban J connectivity index is 0. The summed E-state index contributed by atoms with van der Waals surface area (Å²) >= 11 is 0. The van der Waals surface area contributed by atoms with E-state index in [0.29, 0.717) is 6.42 Å². The Labute approximate surface area is 91.7 Å². The summed E-state index contributed by atoms with van der Waals surface area (Å²) in [6, 6.07) is -2.26. The molecule has 0 aliphatic carbocycles. The van der Waals surface area contributed by atoms with Crippen LogP contribution in [0.5, 0.6) is 0 Å². The average Bonchev–Trinajstić information content (AvgIpc) is 2.14. The van der Waals surface area contributed by atoms with Crippen molar-refractivity contribution < 1.29 is 30.1 Å². The van der Waals surface area contributed by atoms with Gasteiger partial charge in [0.15, 0.2) is 0 Å². The number of amides is 1. The SMILES string of the molecule is CCC(N)C(=O)NC(CC(=O)O)C(=O)O.O. The standard InChI is InChI=1S/C8H14N2O5.H2O/c1-2-4(9)7(13)10-5(8(14)15)3-6(11)12;/h4-5H,2-3,9H2,1H3,(H,10,13)(H,11,12)(H,14,15);1H2. The Morgan fingerprint density at radius 2 is 1.81 bits per heavy atom. The summed E-state index contributed by atoms with van der Waals surface area (Å²) in [5.41, 5.74) is 5.34. The van der Waals surface area contributed by atoms with Gasteiger partial charge in [-0.15, -0.1) is 0 Å². The second kappa shape index (κ2) is 7.60. The molecule has 0 aromatic heterocycles. The summed E-state index contributed by atoms with van der Waals surface area (Å²) in [7, 11) is 0. The van der Waals surface area contributed by atoms with Crippen LogP contribution in [0.4, 0.5) is 0 Å². The number of aliphatic carboxylic acids is 2. The van der Waals surface area contributed by atoms with Crippen molar-refractivity contribution in [1.82, 2.24) is 5.32 Å². The van der Waals surface area contributed by atoms with Crippen LogP contribution < -0.4 is 11.1 Å². The first-order chi connectivity index (χ1) is 6.88.